The Balaban J connectivity index is 1.62. The Kier molecular flexibility index (Phi) is 6.77. The Morgan fingerprint density at radius 2 is 1.79 bits per heavy atom. The molecule has 7 heteroatoms. The summed E-state index contributed by atoms with van der Waals surface area (Å²) in [5, 5.41) is 2.88. The maximum absolute atomic E-state index is 12.3. The van der Waals surface area contributed by atoms with Crippen molar-refractivity contribution in [2.24, 2.45) is 0 Å². The smallest absolute Gasteiger partial charge is 0.306 e. The van der Waals surface area contributed by atoms with Gasteiger partial charge in [-0.1, -0.05) is 31.9 Å². The van der Waals surface area contributed by atoms with Crippen LogP contribution in [0.5, 0.6) is 17.2 Å². The molecule has 176 valence electrons. The number of benzene rings is 2. The van der Waals surface area contributed by atoms with Gasteiger partial charge in [-0.15, -0.1) is 0 Å². The summed E-state index contributed by atoms with van der Waals surface area (Å²) in [4.78, 5) is 24.5. The first-order chi connectivity index (χ1) is 16.0. The number of ether oxygens (including phenoxy) is 4. The Morgan fingerprint density at radius 3 is 2.48 bits per heavy atom. The molecule has 1 fully saturated rings. The van der Waals surface area contributed by atoms with E-state index in [4.69, 9.17) is 18.9 Å². The van der Waals surface area contributed by atoms with Crippen LogP contribution in [0, 0.1) is 0 Å². The second-order valence-electron chi connectivity index (χ2n) is 8.59. The number of methoxy groups -OCH3 is 2. The molecular weight excluding hydrogens is 422 g/mol. The van der Waals surface area contributed by atoms with Gasteiger partial charge in [-0.05, 0) is 48.6 Å². The van der Waals surface area contributed by atoms with Gasteiger partial charge in [-0.3, -0.25) is 9.59 Å². The van der Waals surface area contributed by atoms with Crippen LogP contribution in [0.2, 0.25) is 0 Å². The number of esters is 1. The number of rotatable bonds is 11. The van der Waals surface area contributed by atoms with E-state index in [-0.39, 0.29) is 18.5 Å². The van der Waals surface area contributed by atoms with E-state index in [0.717, 1.165) is 48.8 Å². The number of carbonyl (C=O) groups is 2. The summed E-state index contributed by atoms with van der Waals surface area (Å²) in [6.45, 7) is 2.79. The lowest BCUT2D eigenvalue weighted by Crippen LogP contribution is -2.27. The van der Waals surface area contributed by atoms with E-state index < -0.39 is 5.60 Å². The van der Waals surface area contributed by atoms with E-state index in [1.807, 2.05) is 30.3 Å². The van der Waals surface area contributed by atoms with Crippen LogP contribution in [0.1, 0.15) is 61.4 Å². The molecule has 0 aromatic heterocycles. The average molecular weight is 454 g/mol. The normalized spacial score (nSPS) is 15.4. The first-order valence-corrected chi connectivity index (χ1v) is 11.5. The third-order valence-corrected chi connectivity index (χ3v) is 6.24. The van der Waals surface area contributed by atoms with E-state index in [1.165, 1.54) is 0 Å². The number of hydrogen-bond acceptors (Lipinski definition) is 6. The topological polar surface area (TPSA) is 83.1 Å². The molecule has 2 aromatic rings. The molecule has 7 nitrogen and oxygen atoms in total. The summed E-state index contributed by atoms with van der Waals surface area (Å²) in [6.07, 6.45) is 4.89. The fraction of sp³-hybridized carbons (Fsp3) is 0.462. The first-order valence-electron chi connectivity index (χ1n) is 11.5. The Labute approximate surface area is 194 Å². The fourth-order valence-corrected chi connectivity index (χ4v) is 4.19. The van der Waals surface area contributed by atoms with E-state index >= 15 is 0 Å². The van der Waals surface area contributed by atoms with Gasteiger partial charge in [0.2, 0.25) is 5.75 Å². The first kappa shape index (κ1) is 23.0. The van der Waals surface area contributed by atoms with Gasteiger partial charge < -0.3 is 24.3 Å². The minimum absolute atomic E-state index is 0.0817. The van der Waals surface area contributed by atoms with Crippen molar-refractivity contribution < 1.29 is 28.5 Å². The fourth-order valence-electron chi connectivity index (χ4n) is 4.19. The Hall–Kier alpha value is -3.22. The maximum Gasteiger partial charge on any atom is 0.306 e. The molecule has 1 aliphatic carbocycles. The predicted molar refractivity (Wildman–Crippen MR) is 124 cm³/mol. The molecule has 0 saturated heterocycles. The second kappa shape index (κ2) is 9.73. The van der Waals surface area contributed by atoms with Gasteiger partial charge in [-0.25, -0.2) is 0 Å². The number of nitrogens with one attached hydrogen (secondary N) is 1. The zero-order valence-corrected chi connectivity index (χ0v) is 19.5. The third kappa shape index (κ3) is 4.77. The summed E-state index contributed by atoms with van der Waals surface area (Å²) >= 11 is 0. The number of carbonyl (C=O) groups excluding carboxylic acids is 2. The maximum atomic E-state index is 12.3. The SMILES string of the molecule is CCCCCC(=O)OC1(COc2c(-c3cccc4c3CNC4=O)ccc(OC)c2OC)CC1. The summed E-state index contributed by atoms with van der Waals surface area (Å²) in [7, 11) is 3.14. The van der Waals surface area contributed by atoms with Crippen molar-refractivity contribution in [2.75, 3.05) is 20.8 Å². The lowest BCUT2D eigenvalue weighted by Gasteiger charge is -2.22. The van der Waals surface area contributed by atoms with E-state index in [9.17, 15) is 9.59 Å². The van der Waals surface area contributed by atoms with Gasteiger partial charge in [-0.2, -0.15) is 0 Å². The van der Waals surface area contributed by atoms with Crippen LogP contribution in [-0.2, 0) is 16.1 Å². The van der Waals surface area contributed by atoms with E-state index in [2.05, 4.69) is 12.2 Å². The average Bonchev–Trinajstić information content (AvgIpc) is 3.48. The molecule has 1 heterocycles. The molecule has 1 aliphatic heterocycles. The highest BCUT2D eigenvalue weighted by Gasteiger charge is 2.48. The monoisotopic (exact) mass is 453 g/mol. The number of amides is 1. The van der Waals surface area contributed by atoms with Gasteiger partial charge in [0.05, 0.1) is 14.2 Å². The Bertz CT molecular complexity index is 1040. The van der Waals surface area contributed by atoms with E-state index in [0.29, 0.717) is 35.8 Å². The lowest BCUT2D eigenvalue weighted by atomic mass is 9.95. The van der Waals surface area contributed by atoms with Crippen LogP contribution in [0.4, 0.5) is 0 Å². The molecule has 1 amide bonds. The molecule has 2 aliphatic rings. The summed E-state index contributed by atoms with van der Waals surface area (Å²) in [6, 6.07) is 9.38. The van der Waals surface area contributed by atoms with Crippen molar-refractivity contribution in [3.8, 4) is 28.4 Å². The number of unbranched alkanes of at least 4 members (excludes halogenated alkanes) is 2. The highest BCUT2D eigenvalue weighted by atomic mass is 16.6. The van der Waals surface area contributed by atoms with Gasteiger partial charge >= 0.3 is 5.97 Å². The van der Waals surface area contributed by atoms with Crippen molar-refractivity contribution in [3.63, 3.8) is 0 Å². The molecule has 0 atom stereocenters. The van der Waals surface area contributed by atoms with Crippen LogP contribution in [0.15, 0.2) is 30.3 Å². The minimum Gasteiger partial charge on any atom is -0.493 e. The summed E-state index contributed by atoms with van der Waals surface area (Å²) < 4.78 is 23.2. The van der Waals surface area contributed by atoms with Crippen LogP contribution < -0.4 is 19.5 Å². The molecule has 1 saturated carbocycles. The van der Waals surface area contributed by atoms with Crippen LogP contribution >= 0.6 is 0 Å². The van der Waals surface area contributed by atoms with Crippen molar-refractivity contribution in [1.29, 1.82) is 0 Å². The molecule has 0 radical (unpaired) electrons. The largest absolute Gasteiger partial charge is 0.493 e. The molecule has 0 bridgehead atoms. The van der Waals surface area contributed by atoms with Crippen molar-refractivity contribution >= 4 is 11.9 Å². The molecule has 1 N–H and O–H groups in total. The lowest BCUT2D eigenvalue weighted by molar-refractivity contribution is -0.153. The molecule has 2 aromatic carbocycles. The van der Waals surface area contributed by atoms with E-state index in [1.54, 1.807) is 14.2 Å². The molecular formula is C26H31NO6. The molecule has 0 unspecified atom stereocenters. The van der Waals surface area contributed by atoms with Crippen LogP contribution in [-0.4, -0.2) is 38.3 Å². The highest BCUT2D eigenvalue weighted by Crippen LogP contribution is 2.48. The molecule has 33 heavy (non-hydrogen) atoms. The quantitative estimate of drug-likeness (QED) is 0.394. The highest BCUT2D eigenvalue weighted by molar-refractivity contribution is 6.01. The zero-order chi connectivity index (χ0) is 23.4. The van der Waals surface area contributed by atoms with Crippen molar-refractivity contribution in [2.45, 2.75) is 57.6 Å². The minimum atomic E-state index is -0.592. The standard InChI is InChI=1S/C26H31NO6/c1-4-5-6-10-22(28)33-26(13-14-26)16-32-23-18(11-12-21(30-2)24(23)31-3)17-8-7-9-19-20(17)15-27-25(19)29/h7-9,11-12H,4-6,10,13-16H2,1-3H3,(H,27,29). The molecule has 4 rings (SSSR count). The predicted octanol–water partition coefficient (Wildman–Crippen LogP) is 4.65. The van der Waals surface area contributed by atoms with Crippen molar-refractivity contribution in [1.82, 2.24) is 5.32 Å². The molecule has 0 spiro atoms. The van der Waals surface area contributed by atoms with Gasteiger partial charge in [0.15, 0.2) is 11.5 Å². The second-order valence-corrected chi connectivity index (χ2v) is 8.59. The van der Waals surface area contributed by atoms with Crippen LogP contribution in [0.3, 0.4) is 0 Å². The third-order valence-electron chi connectivity index (χ3n) is 6.24. The van der Waals surface area contributed by atoms with Crippen molar-refractivity contribution in [3.05, 3.63) is 41.5 Å². The van der Waals surface area contributed by atoms with Gasteiger partial charge in [0.25, 0.3) is 5.91 Å². The van der Waals surface area contributed by atoms with Gasteiger partial charge in [0, 0.05) is 24.1 Å². The zero-order valence-electron chi connectivity index (χ0n) is 19.5. The summed E-state index contributed by atoms with van der Waals surface area (Å²) in [5.74, 6) is 1.27. The summed E-state index contributed by atoms with van der Waals surface area (Å²) in [5.41, 5.74) is 2.68. The van der Waals surface area contributed by atoms with Crippen LogP contribution in [0.25, 0.3) is 11.1 Å². The van der Waals surface area contributed by atoms with Gasteiger partial charge in [0.1, 0.15) is 12.2 Å². The Morgan fingerprint density at radius 1 is 1.00 bits per heavy atom. The number of fused-ring (bicyclic) bond motifs is 1. The number of hydrogen-bond donors (Lipinski definition) is 1.